The highest BCUT2D eigenvalue weighted by molar-refractivity contribution is 6.12. The molecule has 0 atom stereocenters. The first-order valence-corrected chi connectivity index (χ1v) is 10.1. The van der Waals surface area contributed by atoms with Crippen molar-refractivity contribution >= 4 is 39.4 Å². The zero-order chi connectivity index (χ0) is 22.5. The molecule has 4 aromatic carbocycles. The fraction of sp³-hybridized carbons (Fsp3) is 0.0800. The number of fused-ring (bicyclic) bond motifs is 1. The first kappa shape index (κ1) is 20.9. The van der Waals surface area contributed by atoms with Gasteiger partial charge in [0.15, 0.2) is 5.75 Å². The largest absolute Gasteiger partial charge is 0.505 e. The third kappa shape index (κ3) is 4.37. The van der Waals surface area contributed by atoms with E-state index in [0.717, 1.165) is 5.39 Å². The highest BCUT2D eigenvalue weighted by atomic mass is 16.5. The minimum atomic E-state index is -0.482. The second kappa shape index (κ2) is 9.18. The van der Waals surface area contributed by atoms with Crippen LogP contribution in [-0.2, 0) is 0 Å². The Labute approximate surface area is 185 Å². The number of hydrogen-bond donors (Lipinski definition) is 3. The zero-order valence-electron chi connectivity index (χ0n) is 17.4. The van der Waals surface area contributed by atoms with E-state index >= 15 is 0 Å². The summed E-state index contributed by atoms with van der Waals surface area (Å²) in [6.07, 6.45) is 0. The first-order valence-electron chi connectivity index (χ1n) is 10.1. The number of nitrogens with zero attached hydrogens (tertiary/aromatic N) is 2. The Balaban J connectivity index is 1.75. The highest BCUT2D eigenvalue weighted by Crippen LogP contribution is 2.40. The number of hydrogen-bond acceptors (Lipinski definition) is 6. The van der Waals surface area contributed by atoms with Crippen LogP contribution in [0, 0.1) is 0 Å². The summed E-state index contributed by atoms with van der Waals surface area (Å²) >= 11 is 0. The van der Waals surface area contributed by atoms with Crippen LogP contribution in [0.4, 0.5) is 22.7 Å². The van der Waals surface area contributed by atoms with Gasteiger partial charge >= 0.3 is 0 Å². The van der Waals surface area contributed by atoms with Gasteiger partial charge in [0.1, 0.15) is 11.4 Å². The molecule has 160 valence electrons. The molecule has 7 heteroatoms. The van der Waals surface area contributed by atoms with Crippen molar-refractivity contribution in [3.63, 3.8) is 0 Å². The van der Waals surface area contributed by atoms with E-state index < -0.39 is 5.91 Å². The fourth-order valence-corrected chi connectivity index (χ4v) is 3.28. The van der Waals surface area contributed by atoms with Gasteiger partial charge in [-0.05, 0) is 54.8 Å². The number of nitrogen functional groups attached to an aromatic ring is 1. The summed E-state index contributed by atoms with van der Waals surface area (Å²) in [6, 6.07) is 23.0. The number of nitrogens with two attached hydrogens (primary N) is 1. The number of nitrogens with one attached hydrogen (secondary N) is 1. The summed E-state index contributed by atoms with van der Waals surface area (Å²) in [7, 11) is 0. The predicted molar refractivity (Wildman–Crippen MR) is 126 cm³/mol. The highest BCUT2D eigenvalue weighted by Gasteiger charge is 2.19. The summed E-state index contributed by atoms with van der Waals surface area (Å²) in [6.45, 7) is 2.33. The van der Waals surface area contributed by atoms with Gasteiger partial charge in [-0.1, -0.05) is 36.4 Å². The lowest BCUT2D eigenvalue weighted by molar-refractivity contribution is 0.102. The maximum atomic E-state index is 13.1. The van der Waals surface area contributed by atoms with Crippen molar-refractivity contribution < 1.29 is 14.6 Å². The number of para-hydroxylation sites is 2. The number of phenolic OH excluding ortho intramolecular Hbond substituents is 1. The van der Waals surface area contributed by atoms with Crippen molar-refractivity contribution in [3.8, 4) is 11.5 Å². The van der Waals surface area contributed by atoms with Crippen molar-refractivity contribution in [2.24, 2.45) is 10.2 Å². The van der Waals surface area contributed by atoms with E-state index in [4.69, 9.17) is 10.5 Å². The topological polar surface area (TPSA) is 109 Å². The third-order valence-corrected chi connectivity index (χ3v) is 4.83. The van der Waals surface area contributed by atoms with E-state index in [1.165, 1.54) is 0 Å². The van der Waals surface area contributed by atoms with E-state index in [1.54, 1.807) is 48.5 Å². The van der Waals surface area contributed by atoms with Crippen LogP contribution in [0.1, 0.15) is 17.3 Å². The molecule has 32 heavy (non-hydrogen) atoms. The smallest absolute Gasteiger partial charge is 0.259 e. The molecule has 0 fully saturated rings. The number of amides is 1. The van der Waals surface area contributed by atoms with Crippen LogP contribution in [0.25, 0.3) is 10.8 Å². The Bertz CT molecular complexity index is 1300. The summed E-state index contributed by atoms with van der Waals surface area (Å²) in [4.78, 5) is 13.1. The Morgan fingerprint density at radius 1 is 1.00 bits per heavy atom. The van der Waals surface area contributed by atoms with Gasteiger partial charge in [-0.25, -0.2) is 0 Å². The number of aromatic hydroxyl groups is 1. The normalized spacial score (nSPS) is 11.0. The van der Waals surface area contributed by atoms with Gasteiger partial charge in [0.05, 0.1) is 23.5 Å². The van der Waals surface area contributed by atoms with E-state index in [2.05, 4.69) is 15.5 Å². The average molecular weight is 426 g/mol. The number of carbonyl (C=O) groups is 1. The molecule has 0 unspecified atom stereocenters. The number of rotatable bonds is 6. The predicted octanol–water partition coefficient (Wildman–Crippen LogP) is 6.19. The molecule has 0 aliphatic rings. The van der Waals surface area contributed by atoms with Gasteiger partial charge < -0.3 is 20.9 Å². The SMILES string of the molecule is CCOc1ccccc1NC(=O)c1cc2ccccc2c(N=Nc2ccc(N)cc2)c1O. The van der Waals surface area contributed by atoms with E-state index in [0.29, 0.717) is 34.8 Å². The van der Waals surface area contributed by atoms with Crippen molar-refractivity contribution in [2.75, 3.05) is 17.7 Å². The number of anilines is 2. The van der Waals surface area contributed by atoms with Gasteiger partial charge in [0.2, 0.25) is 0 Å². The lowest BCUT2D eigenvalue weighted by Crippen LogP contribution is -2.13. The molecular weight excluding hydrogens is 404 g/mol. The zero-order valence-corrected chi connectivity index (χ0v) is 17.4. The molecule has 0 aromatic heterocycles. The van der Waals surface area contributed by atoms with Crippen molar-refractivity contribution in [1.29, 1.82) is 0 Å². The first-order chi connectivity index (χ1) is 15.6. The molecule has 0 bridgehead atoms. The maximum Gasteiger partial charge on any atom is 0.259 e. The molecule has 0 aliphatic carbocycles. The van der Waals surface area contributed by atoms with E-state index in [1.807, 2.05) is 37.3 Å². The van der Waals surface area contributed by atoms with Crippen molar-refractivity contribution in [2.45, 2.75) is 6.92 Å². The maximum absolute atomic E-state index is 13.1. The van der Waals surface area contributed by atoms with Gasteiger partial charge in [0, 0.05) is 11.1 Å². The molecule has 4 rings (SSSR count). The summed E-state index contributed by atoms with van der Waals surface area (Å²) in [5.41, 5.74) is 7.71. The Morgan fingerprint density at radius 2 is 1.72 bits per heavy atom. The number of ether oxygens (including phenoxy) is 1. The molecular formula is C25H22N4O3. The van der Waals surface area contributed by atoms with Gasteiger partial charge in [-0.15, -0.1) is 5.11 Å². The van der Waals surface area contributed by atoms with Crippen molar-refractivity contribution in [1.82, 2.24) is 0 Å². The summed E-state index contributed by atoms with van der Waals surface area (Å²) in [5, 5.41) is 23.7. The van der Waals surface area contributed by atoms with Crippen LogP contribution in [0.5, 0.6) is 11.5 Å². The minimum Gasteiger partial charge on any atom is -0.505 e. The van der Waals surface area contributed by atoms with Crippen molar-refractivity contribution in [3.05, 3.63) is 84.4 Å². The summed E-state index contributed by atoms with van der Waals surface area (Å²) < 4.78 is 5.57. The second-order valence-electron chi connectivity index (χ2n) is 7.02. The quantitative estimate of drug-likeness (QED) is 0.252. The lowest BCUT2D eigenvalue weighted by Gasteiger charge is -2.13. The molecule has 7 nitrogen and oxygen atoms in total. The fourth-order valence-electron chi connectivity index (χ4n) is 3.28. The van der Waals surface area contributed by atoms with Crippen LogP contribution < -0.4 is 15.8 Å². The molecule has 0 saturated heterocycles. The molecule has 0 spiro atoms. The second-order valence-corrected chi connectivity index (χ2v) is 7.02. The number of carbonyl (C=O) groups excluding carboxylic acids is 1. The molecule has 0 radical (unpaired) electrons. The Hall–Kier alpha value is -4.39. The Kier molecular flexibility index (Phi) is 5.98. The molecule has 4 aromatic rings. The number of benzene rings is 4. The third-order valence-electron chi connectivity index (χ3n) is 4.83. The summed E-state index contributed by atoms with van der Waals surface area (Å²) in [5.74, 6) is -0.189. The minimum absolute atomic E-state index is 0.0845. The van der Waals surface area contributed by atoms with Gasteiger partial charge in [0.25, 0.3) is 5.91 Å². The van der Waals surface area contributed by atoms with Crippen LogP contribution in [0.3, 0.4) is 0 Å². The lowest BCUT2D eigenvalue weighted by atomic mass is 10.0. The van der Waals surface area contributed by atoms with Crippen LogP contribution >= 0.6 is 0 Å². The van der Waals surface area contributed by atoms with Gasteiger partial charge in [-0.2, -0.15) is 5.11 Å². The monoisotopic (exact) mass is 426 g/mol. The van der Waals surface area contributed by atoms with Crippen LogP contribution in [0.2, 0.25) is 0 Å². The van der Waals surface area contributed by atoms with Crippen LogP contribution in [0.15, 0.2) is 89.1 Å². The average Bonchev–Trinajstić information content (AvgIpc) is 2.80. The van der Waals surface area contributed by atoms with E-state index in [-0.39, 0.29) is 17.0 Å². The standard InChI is InChI=1S/C25H22N4O3/c1-2-32-22-10-6-5-9-21(22)27-25(31)20-15-16-7-3-4-8-19(16)23(24(20)30)29-28-18-13-11-17(26)12-14-18/h3-15,30H,2,26H2,1H3,(H,27,31). The molecule has 0 saturated carbocycles. The molecule has 0 heterocycles. The molecule has 0 aliphatic heterocycles. The Morgan fingerprint density at radius 3 is 2.50 bits per heavy atom. The van der Waals surface area contributed by atoms with Gasteiger partial charge in [-0.3, -0.25) is 4.79 Å². The van der Waals surface area contributed by atoms with E-state index in [9.17, 15) is 9.90 Å². The number of azo groups is 1. The molecule has 4 N–H and O–H groups in total. The number of phenols is 1. The molecule has 1 amide bonds. The van der Waals surface area contributed by atoms with Crippen LogP contribution in [-0.4, -0.2) is 17.6 Å².